The van der Waals surface area contributed by atoms with Crippen molar-refractivity contribution in [2.75, 3.05) is 10.0 Å². The van der Waals surface area contributed by atoms with Gasteiger partial charge in [-0.2, -0.15) is 0 Å². The highest BCUT2D eigenvalue weighted by molar-refractivity contribution is 7.93. The van der Waals surface area contributed by atoms with E-state index in [9.17, 15) is 13.2 Å². The van der Waals surface area contributed by atoms with E-state index in [1.54, 1.807) is 26.0 Å². The van der Waals surface area contributed by atoms with E-state index in [4.69, 9.17) is 0 Å². The number of amides is 1. The normalized spacial score (nSPS) is 11.5. The highest BCUT2D eigenvalue weighted by atomic mass is 32.2. The summed E-state index contributed by atoms with van der Waals surface area (Å²) in [5.41, 5.74) is 1.98. The monoisotopic (exact) mass is 380 g/mol. The molecule has 25 heavy (non-hydrogen) atoms. The van der Waals surface area contributed by atoms with Crippen LogP contribution in [0, 0.1) is 0 Å². The van der Waals surface area contributed by atoms with Crippen LogP contribution in [-0.4, -0.2) is 19.6 Å². The molecule has 0 aliphatic heterocycles. The van der Waals surface area contributed by atoms with E-state index < -0.39 is 15.3 Å². The minimum Gasteiger partial charge on any atom is -0.321 e. The van der Waals surface area contributed by atoms with Crippen LogP contribution in [0.1, 0.15) is 48.8 Å². The molecule has 1 aromatic heterocycles. The van der Waals surface area contributed by atoms with Gasteiger partial charge in [-0.1, -0.05) is 25.5 Å². The minimum absolute atomic E-state index is 0.249. The largest absolute Gasteiger partial charge is 0.321 e. The van der Waals surface area contributed by atoms with Crippen LogP contribution in [0.15, 0.2) is 36.4 Å². The number of rotatable bonds is 8. The summed E-state index contributed by atoms with van der Waals surface area (Å²) in [6, 6.07) is 11.0. The molecule has 0 spiro atoms. The molecule has 0 unspecified atom stereocenters. The lowest BCUT2D eigenvalue weighted by Crippen LogP contribution is -2.21. The zero-order valence-electron chi connectivity index (χ0n) is 14.7. The zero-order valence-corrected chi connectivity index (χ0v) is 16.3. The molecular weight excluding hydrogens is 356 g/mol. The predicted octanol–water partition coefficient (Wildman–Crippen LogP) is 4.49. The summed E-state index contributed by atoms with van der Waals surface area (Å²) in [4.78, 5) is 12.8. The van der Waals surface area contributed by atoms with Crippen molar-refractivity contribution < 1.29 is 13.2 Å². The number of benzene rings is 1. The SMILES string of the molecule is CCCCc1ccc(NC(=O)c2ccc(NS(=O)(=O)C(C)C)s2)cc1. The number of hydrogen-bond acceptors (Lipinski definition) is 4. The number of aryl methyl sites for hydroxylation is 1. The predicted molar refractivity (Wildman–Crippen MR) is 105 cm³/mol. The van der Waals surface area contributed by atoms with E-state index in [0.717, 1.165) is 36.3 Å². The molecule has 0 radical (unpaired) electrons. The van der Waals surface area contributed by atoms with Gasteiger partial charge in [0.2, 0.25) is 10.0 Å². The van der Waals surface area contributed by atoms with Crippen LogP contribution >= 0.6 is 11.3 Å². The molecule has 1 amide bonds. The third-order valence-corrected chi connectivity index (χ3v) is 6.60. The van der Waals surface area contributed by atoms with Gasteiger partial charge < -0.3 is 5.32 Å². The van der Waals surface area contributed by atoms with Gasteiger partial charge in [0.05, 0.1) is 10.1 Å². The Balaban J connectivity index is 1.99. The number of nitrogens with one attached hydrogen (secondary N) is 2. The molecule has 0 atom stereocenters. The van der Waals surface area contributed by atoms with Crippen LogP contribution < -0.4 is 10.0 Å². The quantitative estimate of drug-likeness (QED) is 0.708. The van der Waals surface area contributed by atoms with Crippen LogP contribution in [0.4, 0.5) is 10.7 Å². The fourth-order valence-electron chi connectivity index (χ4n) is 2.10. The van der Waals surface area contributed by atoms with E-state index in [0.29, 0.717) is 9.88 Å². The Morgan fingerprint density at radius 2 is 1.80 bits per heavy atom. The molecular formula is C18H24N2O3S2. The second-order valence-corrected chi connectivity index (χ2v) is 9.44. The van der Waals surface area contributed by atoms with Gasteiger partial charge in [0, 0.05) is 5.69 Å². The van der Waals surface area contributed by atoms with E-state index in [1.165, 1.54) is 5.56 Å². The summed E-state index contributed by atoms with van der Waals surface area (Å²) in [7, 11) is -3.41. The third-order valence-electron chi connectivity index (χ3n) is 3.72. The van der Waals surface area contributed by atoms with Crippen molar-refractivity contribution >= 4 is 38.0 Å². The van der Waals surface area contributed by atoms with Gasteiger partial charge >= 0.3 is 0 Å². The average molecular weight is 381 g/mol. The second-order valence-electron chi connectivity index (χ2n) is 6.11. The summed E-state index contributed by atoms with van der Waals surface area (Å²) in [5, 5.41) is 2.74. The Hall–Kier alpha value is -1.86. The molecule has 0 aliphatic carbocycles. The summed E-state index contributed by atoms with van der Waals surface area (Å²) in [6.07, 6.45) is 3.34. The second kappa shape index (κ2) is 8.49. The summed E-state index contributed by atoms with van der Waals surface area (Å²) in [5.74, 6) is -0.249. The van der Waals surface area contributed by atoms with Gasteiger partial charge in [-0.05, 0) is 56.5 Å². The molecule has 7 heteroatoms. The number of unbranched alkanes of at least 4 members (excludes halogenated alkanes) is 1. The van der Waals surface area contributed by atoms with Crippen LogP contribution in [-0.2, 0) is 16.4 Å². The molecule has 0 bridgehead atoms. The van der Waals surface area contributed by atoms with Crippen LogP contribution in [0.25, 0.3) is 0 Å². The minimum atomic E-state index is -3.41. The molecule has 2 N–H and O–H groups in total. The number of hydrogen-bond donors (Lipinski definition) is 2. The molecule has 0 saturated heterocycles. The Kier molecular flexibility index (Phi) is 6.61. The van der Waals surface area contributed by atoms with Gasteiger partial charge in [-0.15, -0.1) is 11.3 Å². The molecule has 5 nitrogen and oxygen atoms in total. The highest BCUT2D eigenvalue weighted by Gasteiger charge is 2.18. The standard InChI is InChI=1S/C18H24N2O3S2/c1-4-5-6-14-7-9-15(10-8-14)19-18(21)16-11-12-17(24-16)20-25(22,23)13(2)3/h7-13,20H,4-6H2,1-3H3,(H,19,21). The average Bonchev–Trinajstić information content (AvgIpc) is 3.02. The first kappa shape index (κ1) is 19.5. The first-order valence-corrected chi connectivity index (χ1v) is 10.7. The first-order chi connectivity index (χ1) is 11.8. The Labute approximate surface area is 153 Å². The molecule has 136 valence electrons. The summed E-state index contributed by atoms with van der Waals surface area (Å²) in [6.45, 7) is 5.37. The van der Waals surface area contributed by atoms with Gasteiger partial charge in [0.25, 0.3) is 5.91 Å². The molecule has 2 aromatic rings. The fraction of sp³-hybridized carbons (Fsp3) is 0.389. The number of carbonyl (C=O) groups is 1. The molecule has 1 heterocycles. The van der Waals surface area contributed by atoms with Crippen molar-refractivity contribution in [2.24, 2.45) is 0 Å². The van der Waals surface area contributed by atoms with Crippen molar-refractivity contribution in [3.05, 3.63) is 46.8 Å². The maximum absolute atomic E-state index is 12.3. The van der Waals surface area contributed by atoms with Crippen molar-refractivity contribution in [3.8, 4) is 0 Å². The van der Waals surface area contributed by atoms with Crippen LogP contribution in [0.3, 0.4) is 0 Å². The van der Waals surface area contributed by atoms with E-state index in [-0.39, 0.29) is 5.91 Å². The lowest BCUT2D eigenvalue weighted by atomic mass is 10.1. The van der Waals surface area contributed by atoms with E-state index in [1.807, 2.05) is 24.3 Å². The van der Waals surface area contributed by atoms with Crippen molar-refractivity contribution in [1.82, 2.24) is 0 Å². The molecule has 0 saturated carbocycles. The number of sulfonamides is 1. The van der Waals surface area contributed by atoms with E-state index >= 15 is 0 Å². The fourth-order valence-corrected chi connectivity index (χ4v) is 3.85. The van der Waals surface area contributed by atoms with Crippen LogP contribution in [0.2, 0.25) is 0 Å². The number of carbonyl (C=O) groups excluding carboxylic acids is 1. The third kappa shape index (κ3) is 5.57. The molecule has 2 rings (SSSR count). The van der Waals surface area contributed by atoms with Crippen LogP contribution in [0.5, 0.6) is 0 Å². The van der Waals surface area contributed by atoms with Crippen molar-refractivity contribution in [1.29, 1.82) is 0 Å². The Morgan fingerprint density at radius 1 is 1.12 bits per heavy atom. The van der Waals surface area contributed by atoms with Gasteiger partial charge in [-0.3, -0.25) is 9.52 Å². The smallest absolute Gasteiger partial charge is 0.265 e. The summed E-state index contributed by atoms with van der Waals surface area (Å²) < 4.78 is 26.2. The lowest BCUT2D eigenvalue weighted by Gasteiger charge is -2.08. The highest BCUT2D eigenvalue weighted by Crippen LogP contribution is 2.25. The van der Waals surface area contributed by atoms with Crippen molar-refractivity contribution in [2.45, 2.75) is 45.3 Å². The number of anilines is 2. The lowest BCUT2D eigenvalue weighted by molar-refractivity contribution is 0.103. The number of thiophene rings is 1. The first-order valence-electron chi connectivity index (χ1n) is 8.33. The molecule has 1 aromatic carbocycles. The Bertz CT molecular complexity index is 809. The van der Waals surface area contributed by atoms with Gasteiger partial charge in [0.1, 0.15) is 5.00 Å². The summed E-state index contributed by atoms with van der Waals surface area (Å²) >= 11 is 1.12. The maximum atomic E-state index is 12.3. The van der Waals surface area contributed by atoms with Gasteiger partial charge in [0.15, 0.2) is 0 Å². The van der Waals surface area contributed by atoms with Crippen molar-refractivity contribution in [3.63, 3.8) is 0 Å². The topological polar surface area (TPSA) is 75.3 Å². The van der Waals surface area contributed by atoms with E-state index in [2.05, 4.69) is 17.0 Å². The van der Waals surface area contributed by atoms with Gasteiger partial charge in [-0.25, -0.2) is 8.42 Å². The Morgan fingerprint density at radius 3 is 2.40 bits per heavy atom. The molecule has 0 aliphatic rings. The maximum Gasteiger partial charge on any atom is 0.265 e. The molecule has 0 fully saturated rings. The zero-order chi connectivity index (χ0) is 18.4.